The standard InChI is InChI=1S/C14H11F4NOS/c1-8-5-6-9(21-8)7-19-13(20)10-3-2-4-11(12(10)15)14(16,17)18/h2-6H,7H2,1H3,(H,19,20). The molecule has 1 heterocycles. The first-order valence-electron chi connectivity index (χ1n) is 5.98. The molecular formula is C14H11F4NOS. The van der Waals surface area contributed by atoms with Gasteiger partial charge in [-0.25, -0.2) is 4.39 Å². The van der Waals surface area contributed by atoms with Crippen LogP contribution in [0.15, 0.2) is 30.3 Å². The molecule has 0 fully saturated rings. The van der Waals surface area contributed by atoms with Gasteiger partial charge in [0.15, 0.2) is 0 Å². The van der Waals surface area contributed by atoms with Crippen molar-refractivity contribution in [2.75, 3.05) is 0 Å². The third-order valence-electron chi connectivity index (χ3n) is 2.77. The normalized spacial score (nSPS) is 11.5. The monoisotopic (exact) mass is 317 g/mol. The fourth-order valence-corrected chi connectivity index (χ4v) is 2.60. The molecule has 0 atom stereocenters. The van der Waals surface area contributed by atoms with Gasteiger partial charge in [-0.2, -0.15) is 13.2 Å². The summed E-state index contributed by atoms with van der Waals surface area (Å²) in [6.45, 7) is 2.04. The number of halogens is 4. The minimum Gasteiger partial charge on any atom is -0.347 e. The summed E-state index contributed by atoms with van der Waals surface area (Å²) >= 11 is 1.45. The lowest BCUT2D eigenvalue weighted by Gasteiger charge is -2.11. The van der Waals surface area contributed by atoms with Crippen molar-refractivity contribution < 1.29 is 22.4 Å². The number of alkyl halides is 3. The van der Waals surface area contributed by atoms with Gasteiger partial charge in [-0.05, 0) is 31.2 Å². The highest BCUT2D eigenvalue weighted by molar-refractivity contribution is 7.11. The number of amides is 1. The summed E-state index contributed by atoms with van der Waals surface area (Å²) < 4.78 is 51.5. The first-order valence-corrected chi connectivity index (χ1v) is 6.80. The number of benzene rings is 1. The molecular weight excluding hydrogens is 306 g/mol. The lowest BCUT2D eigenvalue weighted by molar-refractivity contribution is -0.140. The van der Waals surface area contributed by atoms with Crippen LogP contribution in [0.1, 0.15) is 25.7 Å². The van der Waals surface area contributed by atoms with Crippen molar-refractivity contribution in [1.29, 1.82) is 0 Å². The SMILES string of the molecule is Cc1ccc(CNC(=O)c2cccc(C(F)(F)F)c2F)s1. The van der Waals surface area contributed by atoms with E-state index in [1.165, 1.54) is 11.3 Å². The fraction of sp³-hybridized carbons (Fsp3) is 0.214. The highest BCUT2D eigenvalue weighted by Gasteiger charge is 2.35. The zero-order chi connectivity index (χ0) is 15.6. The van der Waals surface area contributed by atoms with E-state index in [1.54, 1.807) is 6.07 Å². The van der Waals surface area contributed by atoms with Crippen LogP contribution >= 0.6 is 11.3 Å². The number of aryl methyl sites for hydroxylation is 1. The molecule has 0 saturated heterocycles. The first kappa shape index (κ1) is 15.5. The molecule has 21 heavy (non-hydrogen) atoms. The smallest absolute Gasteiger partial charge is 0.347 e. The molecule has 2 nitrogen and oxygen atoms in total. The van der Waals surface area contributed by atoms with Crippen LogP contribution in [0, 0.1) is 12.7 Å². The summed E-state index contributed by atoms with van der Waals surface area (Å²) in [5, 5.41) is 2.41. The van der Waals surface area contributed by atoms with E-state index in [4.69, 9.17) is 0 Å². The number of hydrogen-bond donors (Lipinski definition) is 1. The maximum absolute atomic E-state index is 13.8. The molecule has 2 aromatic rings. The molecule has 0 spiro atoms. The molecule has 0 aliphatic rings. The molecule has 0 unspecified atom stereocenters. The second kappa shape index (κ2) is 5.85. The predicted molar refractivity (Wildman–Crippen MR) is 71.6 cm³/mol. The van der Waals surface area contributed by atoms with Crippen LogP contribution in [0.3, 0.4) is 0 Å². The van der Waals surface area contributed by atoms with Gasteiger partial charge in [0, 0.05) is 9.75 Å². The molecule has 0 aliphatic heterocycles. The number of hydrogen-bond acceptors (Lipinski definition) is 2. The van der Waals surface area contributed by atoms with E-state index in [2.05, 4.69) is 5.32 Å². The third kappa shape index (κ3) is 3.60. The van der Waals surface area contributed by atoms with E-state index in [0.717, 1.165) is 21.9 Å². The Balaban J connectivity index is 2.16. The number of rotatable bonds is 3. The summed E-state index contributed by atoms with van der Waals surface area (Å²) in [4.78, 5) is 13.7. The Hall–Kier alpha value is -1.89. The summed E-state index contributed by atoms with van der Waals surface area (Å²) in [5.74, 6) is -2.42. The van der Waals surface area contributed by atoms with E-state index in [1.807, 2.05) is 13.0 Å². The van der Waals surface area contributed by atoms with Crippen molar-refractivity contribution in [3.8, 4) is 0 Å². The Labute approximate surface area is 122 Å². The summed E-state index contributed by atoms with van der Waals surface area (Å²) in [7, 11) is 0. The molecule has 7 heteroatoms. The molecule has 0 bridgehead atoms. The number of carbonyl (C=O) groups is 1. The van der Waals surface area contributed by atoms with Crippen molar-refractivity contribution in [1.82, 2.24) is 5.32 Å². The molecule has 0 aliphatic carbocycles. The van der Waals surface area contributed by atoms with Crippen LogP contribution in [0.2, 0.25) is 0 Å². The topological polar surface area (TPSA) is 29.1 Å². The van der Waals surface area contributed by atoms with Gasteiger partial charge in [0.1, 0.15) is 5.82 Å². The Morgan fingerprint density at radius 3 is 2.52 bits per heavy atom. The van der Waals surface area contributed by atoms with Gasteiger partial charge in [-0.3, -0.25) is 4.79 Å². The quantitative estimate of drug-likeness (QED) is 0.847. The van der Waals surface area contributed by atoms with Gasteiger partial charge < -0.3 is 5.32 Å². The second-order valence-corrected chi connectivity index (χ2v) is 5.73. The van der Waals surface area contributed by atoms with Crippen molar-refractivity contribution in [2.24, 2.45) is 0 Å². The van der Waals surface area contributed by atoms with Gasteiger partial charge in [-0.15, -0.1) is 11.3 Å². The second-order valence-electron chi connectivity index (χ2n) is 4.36. The molecule has 112 valence electrons. The predicted octanol–water partition coefficient (Wildman–Crippen LogP) is 4.14. The van der Waals surface area contributed by atoms with E-state index < -0.39 is 29.0 Å². The minimum atomic E-state index is -4.83. The largest absolute Gasteiger partial charge is 0.419 e. The van der Waals surface area contributed by atoms with Crippen LogP contribution < -0.4 is 5.32 Å². The van der Waals surface area contributed by atoms with Crippen molar-refractivity contribution in [2.45, 2.75) is 19.6 Å². The Bertz CT molecular complexity index is 663. The van der Waals surface area contributed by atoms with Gasteiger partial charge >= 0.3 is 6.18 Å². The molecule has 0 saturated carbocycles. The van der Waals surface area contributed by atoms with Gasteiger partial charge in [0.25, 0.3) is 5.91 Å². The third-order valence-corrected chi connectivity index (χ3v) is 3.77. The molecule has 2 rings (SSSR count). The summed E-state index contributed by atoms with van der Waals surface area (Å²) in [6.07, 6.45) is -4.83. The average molecular weight is 317 g/mol. The molecule has 1 N–H and O–H groups in total. The summed E-state index contributed by atoms with van der Waals surface area (Å²) in [6, 6.07) is 6.30. The zero-order valence-electron chi connectivity index (χ0n) is 10.9. The molecule has 1 aromatic heterocycles. The number of nitrogens with one attached hydrogen (secondary N) is 1. The van der Waals surface area contributed by atoms with E-state index in [-0.39, 0.29) is 6.54 Å². The maximum atomic E-state index is 13.8. The maximum Gasteiger partial charge on any atom is 0.419 e. The summed E-state index contributed by atoms with van der Waals surface area (Å²) in [5.41, 5.74) is -2.06. The van der Waals surface area contributed by atoms with Gasteiger partial charge in [0.05, 0.1) is 17.7 Å². The van der Waals surface area contributed by atoms with Crippen LogP contribution in [-0.4, -0.2) is 5.91 Å². The Kier molecular flexibility index (Phi) is 4.32. The molecule has 1 aromatic carbocycles. The Morgan fingerprint density at radius 1 is 1.24 bits per heavy atom. The van der Waals surface area contributed by atoms with E-state index in [9.17, 15) is 22.4 Å². The van der Waals surface area contributed by atoms with Crippen LogP contribution in [0.5, 0.6) is 0 Å². The van der Waals surface area contributed by atoms with Gasteiger partial charge in [-0.1, -0.05) is 6.07 Å². The molecule has 1 amide bonds. The highest BCUT2D eigenvalue weighted by atomic mass is 32.1. The van der Waals surface area contributed by atoms with Crippen LogP contribution in [0.4, 0.5) is 17.6 Å². The average Bonchev–Trinajstić information content (AvgIpc) is 2.80. The van der Waals surface area contributed by atoms with Crippen LogP contribution in [0.25, 0.3) is 0 Å². The van der Waals surface area contributed by atoms with Crippen molar-refractivity contribution in [3.05, 3.63) is 57.0 Å². The fourth-order valence-electron chi connectivity index (χ4n) is 1.77. The first-order chi connectivity index (χ1) is 9.79. The molecule has 0 radical (unpaired) electrons. The Morgan fingerprint density at radius 2 is 1.95 bits per heavy atom. The van der Waals surface area contributed by atoms with Crippen LogP contribution in [-0.2, 0) is 12.7 Å². The lowest BCUT2D eigenvalue weighted by Crippen LogP contribution is -2.24. The minimum absolute atomic E-state index is 0.146. The van der Waals surface area contributed by atoms with E-state index in [0.29, 0.717) is 6.07 Å². The number of carbonyl (C=O) groups excluding carboxylic acids is 1. The lowest BCUT2D eigenvalue weighted by atomic mass is 10.1. The number of thiophene rings is 1. The zero-order valence-corrected chi connectivity index (χ0v) is 11.7. The van der Waals surface area contributed by atoms with E-state index >= 15 is 0 Å². The van der Waals surface area contributed by atoms with Gasteiger partial charge in [0.2, 0.25) is 0 Å². The highest BCUT2D eigenvalue weighted by Crippen LogP contribution is 2.32. The van der Waals surface area contributed by atoms with Crippen molar-refractivity contribution in [3.63, 3.8) is 0 Å². The van der Waals surface area contributed by atoms with Crippen molar-refractivity contribution >= 4 is 17.2 Å².